The van der Waals surface area contributed by atoms with Crippen molar-refractivity contribution in [3.05, 3.63) is 18.1 Å². The quantitative estimate of drug-likeness (QED) is 0.438. The fraction of sp³-hybridized carbons (Fsp3) is 0.545. The zero-order valence-corrected chi connectivity index (χ0v) is 10.3. The summed E-state index contributed by atoms with van der Waals surface area (Å²) in [5.41, 5.74) is 2.70. The van der Waals surface area contributed by atoms with Crippen LogP contribution in [0.1, 0.15) is 36.7 Å². The molecule has 0 unspecified atom stereocenters. The number of anilines is 1. The van der Waals surface area contributed by atoms with E-state index >= 15 is 0 Å². The Hall–Kier alpha value is -1.69. The van der Waals surface area contributed by atoms with Gasteiger partial charge in [-0.3, -0.25) is 4.79 Å². The van der Waals surface area contributed by atoms with Crippen LogP contribution >= 0.6 is 0 Å². The molecule has 0 saturated carbocycles. The van der Waals surface area contributed by atoms with Crippen molar-refractivity contribution in [3.63, 3.8) is 0 Å². The van der Waals surface area contributed by atoms with E-state index in [1.54, 1.807) is 11.9 Å². The summed E-state index contributed by atoms with van der Waals surface area (Å²) in [6.07, 6.45) is 6.13. The van der Waals surface area contributed by atoms with Crippen LogP contribution in [0.15, 0.2) is 12.4 Å². The van der Waals surface area contributed by atoms with Crippen LogP contribution in [0, 0.1) is 0 Å². The van der Waals surface area contributed by atoms with Gasteiger partial charge < -0.3 is 10.3 Å². The van der Waals surface area contributed by atoms with Crippen molar-refractivity contribution in [2.24, 2.45) is 5.84 Å². The van der Waals surface area contributed by atoms with Gasteiger partial charge in [0.1, 0.15) is 5.69 Å². The van der Waals surface area contributed by atoms with Gasteiger partial charge in [-0.25, -0.2) is 15.8 Å². The van der Waals surface area contributed by atoms with Gasteiger partial charge in [-0.15, -0.1) is 0 Å². The highest BCUT2D eigenvalue weighted by Gasteiger charge is 2.12. The monoisotopic (exact) mass is 237 g/mol. The molecule has 1 aromatic heterocycles. The van der Waals surface area contributed by atoms with Gasteiger partial charge in [0, 0.05) is 13.6 Å². The lowest BCUT2D eigenvalue weighted by Crippen LogP contribution is -2.28. The van der Waals surface area contributed by atoms with Gasteiger partial charge >= 0.3 is 0 Å². The molecule has 6 heteroatoms. The maximum absolute atomic E-state index is 11.9. The van der Waals surface area contributed by atoms with Gasteiger partial charge in [0.15, 0.2) is 5.82 Å². The first-order chi connectivity index (χ1) is 8.19. The van der Waals surface area contributed by atoms with E-state index in [1.165, 1.54) is 12.4 Å². The van der Waals surface area contributed by atoms with E-state index in [1.807, 2.05) is 0 Å². The van der Waals surface area contributed by atoms with Crippen molar-refractivity contribution in [1.29, 1.82) is 0 Å². The van der Waals surface area contributed by atoms with E-state index in [2.05, 4.69) is 22.3 Å². The van der Waals surface area contributed by atoms with Crippen LogP contribution in [0.4, 0.5) is 5.82 Å². The highest BCUT2D eigenvalue weighted by molar-refractivity contribution is 5.91. The molecule has 1 rings (SSSR count). The topological polar surface area (TPSA) is 84.1 Å². The minimum Gasteiger partial charge on any atom is -0.340 e. The minimum absolute atomic E-state index is 0.114. The molecule has 0 aliphatic carbocycles. The summed E-state index contributed by atoms with van der Waals surface area (Å²) >= 11 is 0. The molecule has 0 aliphatic rings. The van der Waals surface area contributed by atoms with E-state index in [4.69, 9.17) is 5.84 Å². The number of carbonyl (C=O) groups is 1. The first-order valence-electron chi connectivity index (χ1n) is 5.73. The molecule has 0 atom stereocenters. The van der Waals surface area contributed by atoms with Crippen LogP contribution < -0.4 is 11.3 Å². The van der Waals surface area contributed by atoms with Crippen LogP contribution in [0.5, 0.6) is 0 Å². The second-order valence-corrected chi connectivity index (χ2v) is 3.87. The highest BCUT2D eigenvalue weighted by Crippen LogP contribution is 2.04. The molecule has 0 saturated heterocycles. The smallest absolute Gasteiger partial charge is 0.273 e. The van der Waals surface area contributed by atoms with Crippen LogP contribution in [0.25, 0.3) is 0 Å². The molecule has 17 heavy (non-hydrogen) atoms. The molecule has 1 aromatic rings. The number of aromatic nitrogens is 2. The van der Waals surface area contributed by atoms with E-state index in [-0.39, 0.29) is 5.91 Å². The van der Waals surface area contributed by atoms with Crippen LogP contribution in [0.3, 0.4) is 0 Å². The Morgan fingerprint density at radius 2 is 2.18 bits per heavy atom. The highest BCUT2D eigenvalue weighted by atomic mass is 16.2. The lowest BCUT2D eigenvalue weighted by molar-refractivity contribution is 0.0786. The van der Waals surface area contributed by atoms with Crippen molar-refractivity contribution < 1.29 is 4.79 Å². The van der Waals surface area contributed by atoms with E-state index in [9.17, 15) is 4.79 Å². The lowest BCUT2D eigenvalue weighted by atomic mass is 10.2. The number of unbranched alkanes of at least 4 members (excludes halogenated alkanes) is 2. The van der Waals surface area contributed by atoms with Gasteiger partial charge in [-0.2, -0.15) is 0 Å². The Morgan fingerprint density at radius 3 is 2.71 bits per heavy atom. The van der Waals surface area contributed by atoms with E-state index in [0.717, 1.165) is 25.8 Å². The number of carbonyl (C=O) groups excluding carboxylic acids is 1. The number of hydrogen-bond acceptors (Lipinski definition) is 5. The van der Waals surface area contributed by atoms with Crippen molar-refractivity contribution in [2.75, 3.05) is 19.0 Å². The lowest BCUT2D eigenvalue weighted by Gasteiger charge is -2.16. The largest absolute Gasteiger partial charge is 0.340 e. The molecule has 6 nitrogen and oxygen atoms in total. The number of hydrogen-bond donors (Lipinski definition) is 2. The van der Waals surface area contributed by atoms with Gasteiger partial charge in [0.2, 0.25) is 0 Å². The molecule has 0 aromatic carbocycles. The van der Waals surface area contributed by atoms with E-state index in [0.29, 0.717) is 11.5 Å². The van der Waals surface area contributed by atoms with Gasteiger partial charge in [-0.05, 0) is 6.42 Å². The molecule has 0 radical (unpaired) electrons. The molecule has 94 valence electrons. The average Bonchev–Trinajstić information content (AvgIpc) is 2.38. The van der Waals surface area contributed by atoms with E-state index < -0.39 is 0 Å². The minimum atomic E-state index is -0.114. The van der Waals surface area contributed by atoms with Gasteiger partial charge in [0.05, 0.1) is 12.4 Å². The Morgan fingerprint density at radius 1 is 1.41 bits per heavy atom. The number of nitrogens with two attached hydrogens (primary N) is 1. The third-order valence-electron chi connectivity index (χ3n) is 2.46. The molecule has 1 amide bonds. The number of hydrazine groups is 1. The predicted molar refractivity (Wildman–Crippen MR) is 66.3 cm³/mol. The average molecular weight is 237 g/mol. The van der Waals surface area contributed by atoms with Gasteiger partial charge in [0.25, 0.3) is 5.91 Å². The molecular formula is C11H19N5O. The summed E-state index contributed by atoms with van der Waals surface area (Å²) in [7, 11) is 1.77. The summed E-state index contributed by atoms with van der Waals surface area (Å²) in [6.45, 7) is 2.87. The van der Waals surface area contributed by atoms with Crippen LogP contribution in [-0.4, -0.2) is 34.4 Å². The fourth-order valence-electron chi connectivity index (χ4n) is 1.41. The Labute approximate surface area is 101 Å². The zero-order chi connectivity index (χ0) is 12.7. The second-order valence-electron chi connectivity index (χ2n) is 3.87. The Bertz CT molecular complexity index is 351. The maximum Gasteiger partial charge on any atom is 0.273 e. The van der Waals surface area contributed by atoms with Gasteiger partial charge in [-0.1, -0.05) is 19.8 Å². The van der Waals surface area contributed by atoms with Crippen LogP contribution in [-0.2, 0) is 0 Å². The molecule has 0 aliphatic heterocycles. The summed E-state index contributed by atoms with van der Waals surface area (Å²) in [6, 6.07) is 0. The second kappa shape index (κ2) is 6.80. The fourth-order valence-corrected chi connectivity index (χ4v) is 1.41. The third kappa shape index (κ3) is 3.99. The molecule has 3 N–H and O–H groups in total. The summed E-state index contributed by atoms with van der Waals surface area (Å²) in [4.78, 5) is 21.5. The standard InChI is InChI=1S/C11H19N5O/c1-3-4-5-6-16(2)11(17)9-7-14-10(15-12)8-13-9/h7-8H,3-6,12H2,1-2H3,(H,14,15). The number of nitrogens with zero attached hydrogens (tertiary/aromatic N) is 3. The van der Waals surface area contributed by atoms with Crippen molar-refractivity contribution in [3.8, 4) is 0 Å². The maximum atomic E-state index is 11.9. The zero-order valence-electron chi connectivity index (χ0n) is 10.3. The SMILES string of the molecule is CCCCCN(C)C(=O)c1cnc(NN)cn1. The van der Waals surface area contributed by atoms with Crippen LogP contribution in [0.2, 0.25) is 0 Å². The number of nitrogen functional groups attached to an aromatic ring is 1. The van der Waals surface area contributed by atoms with Crippen molar-refractivity contribution >= 4 is 11.7 Å². The molecule has 0 spiro atoms. The molecular weight excluding hydrogens is 218 g/mol. The van der Waals surface area contributed by atoms with Crippen molar-refractivity contribution in [1.82, 2.24) is 14.9 Å². The normalized spacial score (nSPS) is 10.1. The number of amides is 1. The molecule has 0 bridgehead atoms. The molecule has 0 fully saturated rings. The molecule has 1 heterocycles. The summed E-state index contributed by atoms with van der Waals surface area (Å²) < 4.78 is 0. The summed E-state index contributed by atoms with van der Waals surface area (Å²) in [5.74, 6) is 5.50. The third-order valence-corrected chi connectivity index (χ3v) is 2.46. The number of nitrogens with one attached hydrogen (secondary N) is 1. The summed E-state index contributed by atoms with van der Waals surface area (Å²) in [5, 5.41) is 0. The Kier molecular flexibility index (Phi) is 5.35. The first-order valence-corrected chi connectivity index (χ1v) is 5.73. The predicted octanol–water partition coefficient (Wildman–Crippen LogP) is 1.02. The first kappa shape index (κ1) is 13.4. The van der Waals surface area contributed by atoms with Crippen molar-refractivity contribution in [2.45, 2.75) is 26.2 Å². The number of rotatable bonds is 6. The Balaban J connectivity index is 2.55.